The average molecular weight is 398 g/mol. The third-order valence-corrected chi connectivity index (χ3v) is 4.46. The summed E-state index contributed by atoms with van der Waals surface area (Å²) in [7, 11) is 1.31. The van der Waals surface area contributed by atoms with Gasteiger partial charge in [0.05, 0.1) is 23.9 Å². The molecule has 30 heavy (non-hydrogen) atoms. The maximum absolute atomic E-state index is 12.7. The highest BCUT2D eigenvalue weighted by atomic mass is 16.5. The van der Waals surface area contributed by atoms with E-state index in [0.717, 1.165) is 16.6 Å². The van der Waals surface area contributed by atoms with Gasteiger partial charge in [-0.3, -0.25) is 9.78 Å². The van der Waals surface area contributed by atoms with Gasteiger partial charge in [0.25, 0.3) is 5.91 Å². The zero-order valence-electron chi connectivity index (χ0n) is 16.1. The quantitative estimate of drug-likeness (QED) is 0.484. The van der Waals surface area contributed by atoms with Crippen molar-refractivity contribution in [2.75, 3.05) is 17.7 Å². The standard InChI is InChI=1S/C23H18N4O3/c1-30-23(29)17-6-2-8-18(13-17)26-22(28)16-10-12-24-20(14-16)27-19-9-3-5-15-7-4-11-25-21(15)19/h2-14H,1H3,(H,24,27)(H,26,28). The zero-order valence-corrected chi connectivity index (χ0v) is 16.1. The largest absolute Gasteiger partial charge is 0.465 e. The number of nitrogens with zero attached hydrogens (tertiary/aromatic N) is 2. The number of fused-ring (bicyclic) bond motifs is 1. The van der Waals surface area contributed by atoms with E-state index in [9.17, 15) is 9.59 Å². The van der Waals surface area contributed by atoms with Gasteiger partial charge >= 0.3 is 5.97 Å². The van der Waals surface area contributed by atoms with Gasteiger partial charge in [0.15, 0.2) is 0 Å². The molecule has 2 heterocycles. The van der Waals surface area contributed by atoms with E-state index in [-0.39, 0.29) is 5.91 Å². The third kappa shape index (κ3) is 4.10. The Bertz CT molecular complexity index is 1230. The summed E-state index contributed by atoms with van der Waals surface area (Å²) in [6.07, 6.45) is 3.29. The van der Waals surface area contributed by atoms with Crippen molar-refractivity contribution in [3.8, 4) is 0 Å². The van der Waals surface area contributed by atoms with Gasteiger partial charge < -0.3 is 15.4 Å². The fourth-order valence-corrected chi connectivity index (χ4v) is 3.03. The van der Waals surface area contributed by atoms with Crippen molar-refractivity contribution in [1.82, 2.24) is 9.97 Å². The molecule has 0 radical (unpaired) electrons. The van der Waals surface area contributed by atoms with Crippen LogP contribution in [0.25, 0.3) is 10.9 Å². The molecular weight excluding hydrogens is 380 g/mol. The number of hydrogen-bond acceptors (Lipinski definition) is 6. The monoisotopic (exact) mass is 398 g/mol. The molecule has 7 nitrogen and oxygen atoms in total. The van der Waals surface area contributed by atoms with Crippen molar-refractivity contribution in [2.45, 2.75) is 0 Å². The van der Waals surface area contributed by atoms with E-state index in [1.54, 1.807) is 48.8 Å². The molecular formula is C23H18N4O3. The highest BCUT2D eigenvalue weighted by Crippen LogP contribution is 2.24. The van der Waals surface area contributed by atoms with E-state index in [4.69, 9.17) is 4.74 Å². The molecule has 0 unspecified atom stereocenters. The van der Waals surface area contributed by atoms with Crippen LogP contribution in [0.15, 0.2) is 79.1 Å². The van der Waals surface area contributed by atoms with Crippen LogP contribution in [-0.4, -0.2) is 29.0 Å². The number of esters is 1. The van der Waals surface area contributed by atoms with Crippen molar-refractivity contribution in [1.29, 1.82) is 0 Å². The van der Waals surface area contributed by atoms with E-state index in [0.29, 0.717) is 22.6 Å². The summed E-state index contributed by atoms with van der Waals surface area (Å²) in [4.78, 5) is 33.1. The first-order chi connectivity index (χ1) is 14.6. The number of pyridine rings is 2. The second kappa shape index (κ2) is 8.40. The number of amides is 1. The molecule has 148 valence electrons. The number of carbonyl (C=O) groups excluding carboxylic acids is 2. The van der Waals surface area contributed by atoms with Gasteiger partial charge in [-0.25, -0.2) is 9.78 Å². The van der Waals surface area contributed by atoms with E-state index >= 15 is 0 Å². The third-order valence-electron chi connectivity index (χ3n) is 4.46. The molecule has 0 fully saturated rings. The summed E-state index contributed by atoms with van der Waals surface area (Å²) in [6.45, 7) is 0. The Morgan fingerprint density at radius 3 is 2.57 bits per heavy atom. The molecule has 7 heteroatoms. The van der Waals surface area contributed by atoms with Crippen molar-refractivity contribution in [2.24, 2.45) is 0 Å². The minimum atomic E-state index is -0.467. The van der Waals surface area contributed by atoms with Crippen LogP contribution in [0, 0.1) is 0 Å². The lowest BCUT2D eigenvalue weighted by Gasteiger charge is -2.10. The molecule has 0 aliphatic rings. The molecule has 2 N–H and O–H groups in total. The Morgan fingerprint density at radius 1 is 0.867 bits per heavy atom. The van der Waals surface area contributed by atoms with E-state index in [1.165, 1.54) is 7.11 Å². The lowest BCUT2D eigenvalue weighted by molar-refractivity contribution is 0.0600. The number of para-hydroxylation sites is 1. The average Bonchev–Trinajstić information content (AvgIpc) is 2.79. The van der Waals surface area contributed by atoms with Crippen LogP contribution in [0.2, 0.25) is 0 Å². The maximum Gasteiger partial charge on any atom is 0.337 e. The van der Waals surface area contributed by atoms with Gasteiger partial charge in [-0.05, 0) is 42.5 Å². The first-order valence-corrected chi connectivity index (χ1v) is 9.20. The van der Waals surface area contributed by atoms with Gasteiger partial charge in [-0.1, -0.05) is 24.3 Å². The lowest BCUT2D eigenvalue weighted by atomic mass is 10.1. The lowest BCUT2D eigenvalue weighted by Crippen LogP contribution is -2.13. The Hall–Kier alpha value is -4.26. The first-order valence-electron chi connectivity index (χ1n) is 9.20. The van der Waals surface area contributed by atoms with Crippen molar-refractivity contribution in [3.05, 3.63) is 90.3 Å². The van der Waals surface area contributed by atoms with Crippen molar-refractivity contribution in [3.63, 3.8) is 0 Å². The topological polar surface area (TPSA) is 93.2 Å². The summed E-state index contributed by atoms with van der Waals surface area (Å²) in [5, 5.41) is 7.01. The second-order valence-electron chi connectivity index (χ2n) is 6.46. The van der Waals surface area contributed by atoms with Crippen LogP contribution in [-0.2, 0) is 4.74 Å². The van der Waals surface area contributed by atoms with Crippen molar-refractivity contribution >= 4 is 40.0 Å². The number of nitrogens with one attached hydrogen (secondary N) is 2. The predicted octanol–water partition coefficient (Wildman–Crippen LogP) is 4.41. The highest BCUT2D eigenvalue weighted by Gasteiger charge is 2.11. The van der Waals surface area contributed by atoms with Crippen LogP contribution < -0.4 is 10.6 Å². The molecule has 2 aromatic carbocycles. The molecule has 0 saturated heterocycles. The number of methoxy groups -OCH3 is 1. The van der Waals surface area contributed by atoms with E-state index < -0.39 is 5.97 Å². The highest BCUT2D eigenvalue weighted by molar-refractivity contribution is 6.05. The Kier molecular flexibility index (Phi) is 5.34. The number of ether oxygens (including phenoxy) is 1. The van der Waals surface area contributed by atoms with Gasteiger partial charge in [-0.15, -0.1) is 0 Å². The zero-order chi connectivity index (χ0) is 20.9. The van der Waals surface area contributed by atoms with Crippen LogP contribution >= 0.6 is 0 Å². The summed E-state index contributed by atoms with van der Waals surface area (Å²) in [5.41, 5.74) is 2.88. The molecule has 4 rings (SSSR count). The van der Waals surface area contributed by atoms with E-state index in [1.807, 2.05) is 30.3 Å². The summed E-state index contributed by atoms with van der Waals surface area (Å²) < 4.78 is 4.71. The second-order valence-corrected chi connectivity index (χ2v) is 6.46. The first kappa shape index (κ1) is 19.1. The Balaban J connectivity index is 1.54. The summed E-state index contributed by atoms with van der Waals surface area (Å²) in [5.74, 6) is -0.271. The fourth-order valence-electron chi connectivity index (χ4n) is 3.03. The summed E-state index contributed by atoms with van der Waals surface area (Å²) in [6, 6.07) is 19.5. The number of aromatic nitrogens is 2. The number of carbonyl (C=O) groups is 2. The molecule has 0 aliphatic carbocycles. The molecule has 1 amide bonds. The van der Waals surface area contributed by atoms with Gasteiger partial charge in [0.1, 0.15) is 5.82 Å². The number of rotatable bonds is 5. The van der Waals surface area contributed by atoms with Crippen LogP contribution in [0.3, 0.4) is 0 Å². The van der Waals surface area contributed by atoms with Gasteiger partial charge in [0, 0.05) is 29.0 Å². The molecule has 2 aromatic heterocycles. The predicted molar refractivity (Wildman–Crippen MR) is 115 cm³/mol. The molecule has 4 aromatic rings. The fraction of sp³-hybridized carbons (Fsp3) is 0.0435. The molecule has 0 saturated carbocycles. The minimum Gasteiger partial charge on any atom is -0.465 e. The van der Waals surface area contributed by atoms with Gasteiger partial charge in [0.2, 0.25) is 0 Å². The smallest absolute Gasteiger partial charge is 0.337 e. The normalized spacial score (nSPS) is 10.4. The molecule has 0 aliphatic heterocycles. The summed E-state index contributed by atoms with van der Waals surface area (Å²) >= 11 is 0. The Morgan fingerprint density at radius 2 is 1.70 bits per heavy atom. The molecule has 0 spiro atoms. The number of hydrogen-bond donors (Lipinski definition) is 2. The van der Waals surface area contributed by atoms with Crippen molar-refractivity contribution < 1.29 is 14.3 Å². The van der Waals surface area contributed by atoms with Crippen LogP contribution in [0.1, 0.15) is 20.7 Å². The number of anilines is 3. The number of benzene rings is 2. The minimum absolute atomic E-state index is 0.321. The SMILES string of the molecule is COC(=O)c1cccc(NC(=O)c2ccnc(Nc3cccc4cccnc34)c2)c1. The Labute approximate surface area is 172 Å². The van der Waals surface area contributed by atoms with E-state index in [2.05, 4.69) is 20.6 Å². The molecule has 0 bridgehead atoms. The van der Waals surface area contributed by atoms with Crippen LogP contribution in [0.4, 0.5) is 17.2 Å². The molecule has 0 atom stereocenters. The van der Waals surface area contributed by atoms with Crippen LogP contribution in [0.5, 0.6) is 0 Å². The van der Waals surface area contributed by atoms with Gasteiger partial charge in [-0.2, -0.15) is 0 Å². The maximum atomic E-state index is 12.7.